The molecule has 0 spiro atoms. The zero-order valence-electron chi connectivity index (χ0n) is 9.23. The van der Waals surface area contributed by atoms with Crippen LogP contribution in [-0.4, -0.2) is 24.6 Å². The fourth-order valence-corrected chi connectivity index (χ4v) is 1.82. The quantitative estimate of drug-likeness (QED) is 0.312. The van der Waals surface area contributed by atoms with E-state index in [0.29, 0.717) is 0 Å². The van der Waals surface area contributed by atoms with Crippen LogP contribution in [0.15, 0.2) is 0 Å². The Labute approximate surface area is 108 Å². The van der Waals surface area contributed by atoms with Crippen molar-refractivity contribution in [3.8, 4) is 0 Å². The second kappa shape index (κ2) is 16.4. The van der Waals surface area contributed by atoms with Gasteiger partial charge in [-0.25, -0.2) is 0 Å². The van der Waals surface area contributed by atoms with Crippen LogP contribution in [0.5, 0.6) is 0 Å². The molecule has 0 heterocycles. The van der Waals surface area contributed by atoms with Crippen molar-refractivity contribution in [1.82, 2.24) is 0 Å². The van der Waals surface area contributed by atoms with Crippen molar-refractivity contribution in [3.05, 3.63) is 0 Å². The normalized spacial score (nSPS) is 9.86. The summed E-state index contributed by atoms with van der Waals surface area (Å²) in [4.78, 5) is 0. The number of rotatable bonds is 10. The summed E-state index contributed by atoms with van der Waals surface area (Å²) in [5.41, 5.74) is 0. The van der Waals surface area contributed by atoms with Crippen molar-refractivity contribution >= 4 is 31.5 Å². The molecule has 0 aliphatic heterocycles. The van der Waals surface area contributed by atoms with Gasteiger partial charge in [0.2, 0.25) is 0 Å². The van der Waals surface area contributed by atoms with Gasteiger partial charge in [-0.3, -0.25) is 0 Å². The number of thiol groups is 1. The summed E-state index contributed by atoms with van der Waals surface area (Å²) in [7, 11) is 0. The Morgan fingerprint density at radius 3 is 1.36 bits per heavy atom. The predicted molar refractivity (Wildman–Crippen MR) is 72.8 cm³/mol. The summed E-state index contributed by atoms with van der Waals surface area (Å²) in [6, 6.07) is 0. The molecule has 0 rings (SSSR count). The standard InChI is InChI=1S/C12H26S.Li.H/c1-2-3-4-5-6-7-8-9-10-11-12-13;;/h13H,2-12H2,1H3;;. The zero-order valence-corrected chi connectivity index (χ0v) is 10.1. The molecule has 0 unspecified atom stereocenters. The second-order valence-electron chi connectivity index (χ2n) is 3.91. The van der Waals surface area contributed by atoms with Gasteiger partial charge < -0.3 is 0 Å². The van der Waals surface area contributed by atoms with E-state index in [-0.39, 0.29) is 18.9 Å². The monoisotopic (exact) mass is 210 g/mol. The van der Waals surface area contributed by atoms with Crippen molar-refractivity contribution in [2.24, 2.45) is 0 Å². The van der Waals surface area contributed by atoms with E-state index < -0.39 is 0 Å². The topological polar surface area (TPSA) is 0 Å². The van der Waals surface area contributed by atoms with Gasteiger partial charge in [-0.2, -0.15) is 12.6 Å². The molecule has 0 atom stereocenters. The third-order valence-electron chi connectivity index (χ3n) is 2.51. The maximum absolute atomic E-state index is 4.20. The van der Waals surface area contributed by atoms with Crippen LogP contribution in [0.3, 0.4) is 0 Å². The first-order chi connectivity index (χ1) is 6.41. The summed E-state index contributed by atoms with van der Waals surface area (Å²) in [5, 5.41) is 0. The summed E-state index contributed by atoms with van der Waals surface area (Å²) in [6.07, 6.45) is 14.2. The molecule has 0 saturated heterocycles. The fourth-order valence-electron chi connectivity index (χ4n) is 1.60. The fraction of sp³-hybridized carbons (Fsp3) is 1.00. The number of hydrogen-bond donors (Lipinski definition) is 1. The van der Waals surface area contributed by atoms with E-state index in [1.54, 1.807) is 0 Å². The molecule has 82 valence electrons. The molecular weight excluding hydrogens is 183 g/mol. The van der Waals surface area contributed by atoms with E-state index in [0.717, 1.165) is 5.75 Å². The van der Waals surface area contributed by atoms with Crippen LogP contribution in [-0.2, 0) is 0 Å². The van der Waals surface area contributed by atoms with Gasteiger partial charge in [-0.15, -0.1) is 0 Å². The second-order valence-corrected chi connectivity index (χ2v) is 4.35. The Kier molecular flexibility index (Phi) is 20.3. The molecule has 0 fully saturated rings. The minimum absolute atomic E-state index is 0. The molecule has 0 aromatic carbocycles. The molecule has 0 aromatic heterocycles. The van der Waals surface area contributed by atoms with Gasteiger partial charge in [-0.1, -0.05) is 64.7 Å². The molecule has 2 heteroatoms. The average Bonchev–Trinajstić information content (AvgIpc) is 2.16. The van der Waals surface area contributed by atoms with Gasteiger partial charge in [0.1, 0.15) is 0 Å². The summed E-state index contributed by atoms with van der Waals surface area (Å²) in [5.74, 6) is 1.07. The first-order valence-corrected chi connectivity index (χ1v) is 6.66. The number of unbranched alkanes of at least 4 members (excludes halogenated alkanes) is 9. The van der Waals surface area contributed by atoms with Crippen LogP contribution >= 0.6 is 12.6 Å². The molecule has 0 radical (unpaired) electrons. The molecule has 0 aromatic rings. The molecular formula is C12H27LiS. The SMILES string of the molecule is CCCCCCCCCCCCS.[LiH]. The Morgan fingerprint density at radius 2 is 1.00 bits per heavy atom. The van der Waals surface area contributed by atoms with E-state index in [1.165, 1.54) is 64.2 Å². The predicted octanol–water partition coefficient (Wildman–Crippen LogP) is 4.19. The van der Waals surface area contributed by atoms with Crippen LogP contribution in [0.2, 0.25) is 0 Å². The summed E-state index contributed by atoms with van der Waals surface area (Å²) >= 11 is 4.20. The molecule has 0 aliphatic carbocycles. The van der Waals surface area contributed by atoms with Gasteiger partial charge in [0.15, 0.2) is 0 Å². The van der Waals surface area contributed by atoms with Crippen LogP contribution < -0.4 is 0 Å². The Bertz CT molecular complexity index is 76.4. The first-order valence-electron chi connectivity index (χ1n) is 6.02. The van der Waals surface area contributed by atoms with Gasteiger partial charge in [0, 0.05) is 0 Å². The van der Waals surface area contributed by atoms with E-state index in [4.69, 9.17) is 0 Å². The molecule has 0 bridgehead atoms. The minimum atomic E-state index is 0. The van der Waals surface area contributed by atoms with Crippen molar-refractivity contribution in [2.45, 2.75) is 71.1 Å². The van der Waals surface area contributed by atoms with Crippen molar-refractivity contribution in [1.29, 1.82) is 0 Å². The molecule has 0 N–H and O–H groups in total. The molecule has 0 amide bonds. The van der Waals surface area contributed by atoms with E-state index in [2.05, 4.69) is 19.6 Å². The third kappa shape index (κ3) is 15.4. The molecule has 14 heavy (non-hydrogen) atoms. The van der Waals surface area contributed by atoms with Crippen LogP contribution in [0.25, 0.3) is 0 Å². The van der Waals surface area contributed by atoms with Gasteiger partial charge >= 0.3 is 18.9 Å². The molecule has 0 aliphatic rings. The van der Waals surface area contributed by atoms with Crippen molar-refractivity contribution in [3.63, 3.8) is 0 Å². The molecule has 0 saturated carbocycles. The first kappa shape index (κ1) is 17.3. The van der Waals surface area contributed by atoms with Gasteiger partial charge in [0.25, 0.3) is 0 Å². The van der Waals surface area contributed by atoms with E-state index in [9.17, 15) is 0 Å². The summed E-state index contributed by atoms with van der Waals surface area (Å²) < 4.78 is 0. The van der Waals surface area contributed by atoms with Crippen LogP contribution in [0.1, 0.15) is 71.1 Å². The van der Waals surface area contributed by atoms with Crippen LogP contribution in [0.4, 0.5) is 0 Å². The maximum atomic E-state index is 4.20. The third-order valence-corrected chi connectivity index (χ3v) is 2.83. The number of hydrogen-bond acceptors (Lipinski definition) is 1. The average molecular weight is 210 g/mol. The van der Waals surface area contributed by atoms with Crippen molar-refractivity contribution < 1.29 is 0 Å². The Morgan fingerprint density at radius 1 is 0.643 bits per heavy atom. The van der Waals surface area contributed by atoms with Crippen LogP contribution in [0, 0.1) is 0 Å². The summed E-state index contributed by atoms with van der Waals surface area (Å²) in [6.45, 7) is 2.28. The van der Waals surface area contributed by atoms with Gasteiger partial charge in [0.05, 0.1) is 0 Å². The Hall–Kier alpha value is 0.947. The Balaban J connectivity index is 0. The van der Waals surface area contributed by atoms with E-state index >= 15 is 0 Å². The van der Waals surface area contributed by atoms with Crippen molar-refractivity contribution in [2.75, 3.05) is 5.75 Å². The molecule has 0 nitrogen and oxygen atoms in total. The van der Waals surface area contributed by atoms with E-state index in [1.807, 2.05) is 0 Å². The zero-order chi connectivity index (χ0) is 9.78. The van der Waals surface area contributed by atoms with Gasteiger partial charge in [-0.05, 0) is 12.2 Å².